The Bertz CT molecular complexity index is 239. The SMILES string of the molecule is OCCC1(n2cccc2)CNC1. The van der Waals surface area contributed by atoms with Crippen molar-refractivity contribution in [2.75, 3.05) is 19.7 Å². The summed E-state index contributed by atoms with van der Waals surface area (Å²) < 4.78 is 2.19. The maximum atomic E-state index is 8.92. The zero-order valence-corrected chi connectivity index (χ0v) is 7.03. The number of rotatable bonds is 3. The molecule has 3 nitrogen and oxygen atoms in total. The van der Waals surface area contributed by atoms with Gasteiger partial charge in [-0.15, -0.1) is 0 Å². The molecule has 0 amide bonds. The van der Waals surface area contributed by atoms with Gasteiger partial charge in [-0.3, -0.25) is 0 Å². The van der Waals surface area contributed by atoms with Crippen molar-refractivity contribution in [3.8, 4) is 0 Å². The highest BCUT2D eigenvalue weighted by atomic mass is 16.3. The van der Waals surface area contributed by atoms with Gasteiger partial charge >= 0.3 is 0 Å². The van der Waals surface area contributed by atoms with Crippen LogP contribution in [0.15, 0.2) is 24.5 Å². The average molecular weight is 166 g/mol. The van der Waals surface area contributed by atoms with E-state index >= 15 is 0 Å². The molecule has 0 spiro atoms. The minimum atomic E-state index is 0.151. The smallest absolute Gasteiger partial charge is 0.0709 e. The second kappa shape index (κ2) is 2.92. The van der Waals surface area contributed by atoms with E-state index in [0.717, 1.165) is 19.5 Å². The first-order valence-corrected chi connectivity index (χ1v) is 4.32. The zero-order valence-electron chi connectivity index (χ0n) is 7.03. The van der Waals surface area contributed by atoms with E-state index in [1.165, 1.54) is 0 Å². The van der Waals surface area contributed by atoms with Crippen LogP contribution in [-0.4, -0.2) is 29.4 Å². The molecule has 2 N–H and O–H groups in total. The third kappa shape index (κ3) is 1.06. The fourth-order valence-electron chi connectivity index (χ4n) is 1.76. The van der Waals surface area contributed by atoms with Crippen LogP contribution in [0, 0.1) is 0 Å². The fourth-order valence-corrected chi connectivity index (χ4v) is 1.76. The molecule has 1 aliphatic rings. The topological polar surface area (TPSA) is 37.2 Å². The third-order valence-corrected chi connectivity index (χ3v) is 2.64. The molecule has 12 heavy (non-hydrogen) atoms. The largest absolute Gasteiger partial charge is 0.396 e. The summed E-state index contributed by atoms with van der Waals surface area (Å²) in [5.74, 6) is 0. The zero-order chi connectivity index (χ0) is 8.44. The number of aliphatic hydroxyl groups excluding tert-OH is 1. The Morgan fingerprint density at radius 1 is 1.33 bits per heavy atom. The van der Waals surface area contributed by atoms with Crippen molar-refractivity contribution in [3.05, 3.63) is 24.5 Å². The van der Waals surface area contributed by atoms with Crippen molar-refractivity contribution in [1.29, 1.82) is 0 Å². The van der Waals surface area contributed by atoms with Gasteiger partial charge in [0.1, 0.15) is 0 Å². The molecule has 66 valence electrons. The van der Waals surface area contributed by atoms with Gasteiger partial charge in [-0.1, -0.05) is 0 Å². The predicted molar refractivity (Wildman–Crippen MR) is 47.0 cm³/mol. The molecule has 1 fully saturated rings. The van der Waals surface area contributed by atoms with Crippen molar-refractivity contribution in [2.24, 2.45) is 0 Å². The Morgan fingerprint density at radius 2 is 2.00 bits per heavy atom. The van der Waals surface area contributed by atoms with Crippen LogP contribution < -0.4 is 5.32 Å². The monoisotopic (exact) mass is 166 g/mol. The fraction of sp³-hybridized carbons (Fsp3) is 0.556. The van der Waals surface area contributed by atoms with Crippen molar-refractivity contribution < 1.29 is 5.11 Å². The standard InChI is InChI=1S/C9H14N2O/c12-6-3-9(7-10-8-9)11-4-1-2-5-11/h1-2,4-5,10,12H,3,6-8H2. The summed E-state index contributed by atoms with van der Waals surface area (Å²) in [5, 5.41) is 12.2. The quantitative estimate of drug-likeness (QED) is 0.671. The van der Waals surface area contributed by atoms with Crippen molar-refractivity contribution in [1.82, 2.24) is 9.88 Å². The molecule has 1 aromatic rings. The van der Waals surface area contributed by atoms with Gasteiger partial charge in [0.15, 0.2) is 0 Å². The lowest BCUT2D eigenvalue weighted by atomic mass is 9.88. The van der Waals surface area contributed by atoms with Crippen LogP contribution in [0.2, 0.25) is 0 Å². The molecule has 1 aliphatic heterocycles. The molecule has 0 saturated carbocycles. The Labute approximate surface area is 72.0 Å². The van der Waals surface area contributed by atoms with Crippen LogP contribution in [0.5, 0.6) is 0 Å². The number of nitrogens with one attached hydrogen (secondary N) is 1. The maximum absolute atomic E-state index is 8.92. The van der Waals surface area contributed by atoms with Gasteiger partial charge in [0.25, 0.3) is 0 Å². The number of aromatic nitrogens is 1. The summed E-state index contributed by atoms with van der Waals surface area (Å²) in [4.78, 5) is 0. The molecule has 3 heteroatoms. The van der Waals surface area contributed by atoms with Gasteiger partial charge in [0.05, 0.1) is 5.54 Å². The molecular weight excluding hydrogens is 152 g/mol. The van der Waals surface area contributed by atoms with Gasteiger partial charge < -0.3 is 15.0 Å². The first-order valence-electron chi connectivity index (χ1n) is 4.32. The summed E-state index contributed by atoms with van der Waals surface area (Å²) in [6.45, 7) is 2.21. The number of hydrogen-bond donors (Lipinski definition) is 2. The lowest BCUT2D eigenvalue weighted by Crippen LogP contribution is -2.60. The van der Waals surface area contributed by atoms with Gasteiger partial charge in [0, 0.05) is 32.1 Å². The van der Waals surface area contributed by atoms with Crippen LogP contribution >= 0.6 is 0 Å². The third-order valence-electron chi connectivity index (χ3n) is 2.64. The van der Waals surface area contributed by atoms with Gasteiger partial charge in [0.2, 0.25) is 0 Å². The highest BCUT2D eigenvalue weighted by Crippen LogP contribution is 2.25. The maximum Gasteiger partial charge on any atom is 0.0709 e. The van der Waals surface area contributed by atoms with Crippen LogP contribution in [0.25, 0.3) is 0 Å². The predicted octanol–water partition coefficient (Wildman–Crippen LogP) is 0.169. The summed E-state index contributed by atoms with van der Waals surface area (Å²) in [7, 11) is 0. The highest BCUT2D eigenvalue weighted by Gasteiger charge is 2.37. The lowest BCUT2D eigenvalue weighted by Gasteiger charge is -2.43. The summed E-state index contributed by atoms with van der Waals surface area (Å²) >= 11 is 0. The van der Waals surface area contributed by atoms with Crippen LogP contribution in [0.4, 0.5) is 0 Å². The van der Waals surface area contributed by atoms with E-state index in [1.54, 1.807) is 0 Å². The Hall–Kier alpha value is -0.800. The minimum absolute atomic E-state index is 0.151. The lowest BCUT2D eigenvalue weighted by molar-refractivity contribution is 0.122. The Kier molecular flexibility index (Phi) is 1.90. The van der Waals surface area contributed by atoms with E-state index in [9.17, 15) is 0 Å². The Balaban J connectivity index is 2.17. The molecule has 1 aromatic heterocycles. The molecule has 2 rings (SSSR count). The molecule has 0 aliphatic carbocycles. The van der Waals surface area contributed by atoms with Gasteiger partial charge in [-0.05, 0) is 18.6 Å². The van der Waals surface area contributed by atoms with E-state index in [4.69, 9.17) is 5.11 Å². The normalized spacial score (nSPS) is 20.4. The summed E-state index contributed by atoms with van der Waals surface area (Å²) in [5.41, 5.74) is 0.151. The van der Waals surface area contributed by atoms with E-state index < -0.39 is 0 Å². The van der Waals surface area contributed by atoms with Crippen molar-refractivity contribution >= 4 is 0 Å². The van der Waals surface area contributed by atoms with E-state index in [0.29, 0.717) is 0 Å². The molecule has 2 heterocycles. The summed E-state index contributed by atoms with van der Waals surface area (Å²) in [6, 6.07) is 4.05. The van der Waals surface area contributed by atoms with E-state index in [2.05, 4.69) is 22.3 Å². The van der Waals surface area contributed by atoms with Crippen molar-refractivity contribution in [3.63, 3.8) is 0 Å². The molecule has 1 saturated heterocycles. The molecule has 0 bridgehead atoms. The minimum Gasteiger partial charge on any atom is -0.396 e. The Morgan fingerprint density at radius 3 is 2.42 bits per heavy atom. The summed E-state index contributed by atoms with van der Waals surface area (Å²) in [6.07, 6.45) is 4.97. The molecule has 0 aromatic carbocycles. The molecule has 0 unspecified atom stereocenters. The molecule has 0 radical (unpaired) electrons. The number of aliphatic hydroxyl groups is 1. The van der Waals surface area contributed by atoms with Gasteiger partial charge in [-0.2, -0.15) is 0 Å². The first-order chi connectivity index (χ1) is 5.87. The highest BCUT2D eigenvalue weighted by molar-refractivity contribution is 5.05. The number of nitrogens with zero attached hydrogens (tertiary/aromatic N) is 1. The number of hydrogen-bond acceptors (Lipinski definition) is 2. The second-order valence-electron chi connectivity index (χ2n) is 3.39. The van der Waals surface area contributed by atoms with Crippen molar-refractivity contribution in [2.45, 2.75) is 12.0 Å². The average Bonchev–Trinajstić information content (AvgIpc) is 2.48. The van der Waals surface area contributed by atoms with Crippen LogP contribution in [0.3, 0.4) is 0 Å². The second-order valence-corrected chi connectivity index (χ2v) is 3.39. The van der Waals surface area contributed by atoms with Gasteiger partial charge in [-0.25, -0.2) is 0 Å². The van der Waals surface area contributed by atoms with E-state index in [1.807, 2.05) is 12.1 Å². The van der Waals surface area contributed by atoms with E-state index in [-0.39, 0.29) is 12.1 Å². The molecule has 0 atom stereocenters. The van der Waals surface area contributed by atoms with Crippen LogP contribution in [-0.2, 0) is 5.54 Å². The molecular formula is C9H14N2O. The first kappa shape index (κ1) is 7.83. The van der Waals surface area contributed by atoms with Crippen LogP contribution in [0.1, 0.15) is 6.42 Å².